The summed E-state index contributed by atoms with van der Waals surface area (Å²) in [5, 5.41) is 4.05. The van der Waals surface area contributed by atoms with Crippen LogP contribution in [0.5, 0.6) is 11.5 Å². The monoisotopic (exact) mass is 310 g/mol. The van der Waals surface area contributed by atoms with Crippen molar-refractivity contribution < 1.29 is 14.0 Å². The first-order valence-electron chi connectivity index (χ1n) is 7.50. The van der Waals surface area contributed by atoms with Crippen molar-refractivity contribution in [1.29, 1.82) is 0 Å². The van der Waals surface area contributed by atoms with Crippen molar-refractivity contribution in [1.82, 2.24) is 10.1 Å². The van der Waals surface area contributed by atoms with Crippen LogP contribution in [-0.2, 0) is 0 Å². The van der Waals surface area contributed by atoms with Crippen LogP contribution in [-0.4, -0.2) is 17.3 Å². The van der Waals surface area contributed by atoms with Crippen molar-refractivity contribution in [2.75, 3.05) is 7.11 Å². The van der Waals surface area contributed by atoms with Crippen molar-refractivity contribution in [2.24, 2.45) is 0 Å². The van der Waals surface area contributed by atoms with Gasteiger partial charge >= 0.3 is 0 Å². The molecule has 5 nitrogen and oxygen atoms in total. The van der Waals surface area contributed by atoms with Crippen LogP contribution >= 0.6 is 0 Å². The second kappa shape index (κ2) is 6.96. The number of nitrogens with zero attached hydrogens (tertiary/aromatic N) is 2. The first-order valence-corrected chi connectivity index (χ1v) is 7.50. The van der Waals surface area contributed by atoms with E-state index in [1.807, 2.05) is 61.5 Å². The maximum Gasteiger partial charge on any atom is 0.268 e. The Balaban J connectivity index is 1.81. The Morgan fingerprint density at radius 1 is 1.04 bits per heavy atom. The number of benzene rings is 2. The topological polar surface area (TPSA) is 57.4 Å². The molecular formula is C18H18N2O3. The van der Waals surface area contributed by atoms with Crippen LogP contribution in [0.2, 0.25) is 0 Å². The zero-order chi connectivity index (χ0) is 16.1. The lowest BCUT2D eigenvalue weighted by Crippen LogP contribution is -2.06. The minimum atomic E-state index is -0.274. The van der Waals surface area contributed by atoms with Gasteiger partial charge in [-0.2, -0.15) is 4.98 Å². The van der Waals surface area contributed by atoms with Gasteiger partial charge in [0.2, 0.25) is 5.82 Å². The van der Waals surface area contributed by atoms with Crippen LogP contribution in [0, 0.1) is 0 Å². The third-order valence-electron chi connectivity index (χ3n) is 3.44. The highest BCUT2D eigenvalue weighted by atomic mass is 16.5. The van der Waals surface area contributed by atoms with E-state index in [1.165, 1.54) is 0 Å². The van der Waals surface area contributed by atoms with Gasteiger partial charge in [0.05, 0.1) is 7.11 Å². The number of hydrogen-bond acceptors (Lipinski definition) is 5. The van der Waals surface area contributed by atoms with Gasteiger partial charge in [-0.3, -0.25) is 0 Å². The minimum Gasteiger partial charge on any atom is -0.497 e. The zero-order valence-electron chi connectivity index (χ0n) is 13.1. The lowest BCUT2D eigenvalue weighted by Gasteiger charge is -2.13. The first kappa shape index (κ1) is 15.1. The predicted molar refractivity (Wildman–Crippen MR) is 86.4 cm³/mol. The van der Waals surface area contributed by atoms with E-state index >= 15 is 0 Å². The van der Waals surface area contributed by atoms with Gasteiger partial charge in [0, 0.05) is 5.56 Å². The van der Waals surface area contributed by atoms with Gasteiger partial charge in [-0.05, 0) is 30.7 Å². The molecule has 0 N–H and O–H groups in total. The van der Waals surface area contributed by atoms with Gasteiger partial charge < -0.3 is 14.0 Å². The summed E-state index contributed by atoms with van der Waals surface area (Å²) in [5.41, 5.74) is 0.842. The van der Waals surface area contributed by atoms with Gasteiger partial charge in [0.25, 0.3) is 5.89 Å². The minimum absolute atomic E-state index is 0.274. The van der Waals surface area contributed by atoms with Crippen molar-refractivity contribution in [3.63, 3.8) is 0 Å². The highest BCUT2D eigenvalue weighted by Gasteiger charge is 2.20. The molecule has 1 atom stereocenters. The molecular weight excluding hydrogens is 292 g/mol. The lowest BCUT2D eigenvalue weighted by atomic mass is 10.2. The number of rotatable bonds is 6. The van der Waals surface area contributed by atoms with E-state index < -0.39 is 0 Å². The summed E-state index contributed by atoms with van der Waals surface area (Å²) in [7, 11) is 1.63. The molecule has 2 aromatic carbocycles. The second-order valence-electron chi connectivity index (χ2n) is 5.02. The summed E-state index contributed by atoms with van der Waals surface area (Å²) in [4.78, 5) is 4.46. The number of hydrogen-bond donors (Lipinski definition) is 0. The molecule has 118 valence electrons. The fraction of sp³-hybridized carbons (Fsp3) is 0.222. The van der Waals surface area contributed by atoms with E-state index in [0.29, 0.717) is 11.7 Å². The van der Waals surface area contributed by atoms with Crippen LogP contribution in [0.1, 0.15) is 25.3 Å². The van der Waals surface area contributed by atoms with Crippen LogP contribution in [0.25, 0.3) is 11.4 Å². The molecule has 5 heteroatoms. The number of para-hydroxylation sites is 1. The van der Waals surface area contributed by atoms with Crippen molar-refractivity contribution in [3.05, 3.63) is 60.5 Å². The molecule has 0 bridgehead atoms. The molecule has 0 aliphatic rings. The van der Waals surface area contributed by atoms with Crippen molar-refractivity contribution in [2.45, 2.75) is 19.4 Å². The maximum absolute atomic E-state index is 5.92. The Labute approximate surface area is 134 Å². The first-order chi connectivity index (χ1) is 11.3. The molecule has 0 spiro atoms. The Kier molecular flexibility index (Phi) is 4.57. The van der Waals surface area contributed by atoms with Crippen molar-refractivity contribution >= 4 is 0 Å². The average Bonchev–Trinajstić information content (AvgIpc) is 3.10. The van der Waals surface area contributed by atoms with Crippen LogP contribution in [0.3, 0.4) is 0 Å². The molecule has 1 heterocycles. The van der Waals surface area contributed by atoms with Gasteiger partial charge in [-0.15, -0.1) is 0 Å². The lowest BCUT2D eigenvalue weighted by molar-refractivity contribution is 0.154. The Morgan fingerprint density at radius 3 is 2.57 bits per heavy atom. The van der Waals surface area contributed by atoms with E-state index in [0.717, 1.165) is 23.5 Å². The molecule has 0 fully saturated rings. The third kappa shape index (κ3) is 3.51. The normalized spacial score (nSPS) is 11.9. The third-order valence-corrected chi connectivity index (χ3v) is 3.44. The molecule has 3 aromatic rings. The molecule has 3 rings (SSSR count). The standard InChI is InChI=1S/C18H18N2O3/c1-3-16(22-14-9-5-4-6-10-14)18-19-17(20-23-18)13-8-7-11-15(12-13)21-2/h4-12,16H,3H2,1-2H3. The van der Waals surface area contributed by atoms with E-state index in [2.05, 4.69) is 10.1 Å². The maximum atomic E-state index is 5.92. The summed E-state index contributed by atoms with van der Waals surface area (Å²) in [6, 6.07) is 17.2. The summed E-state index contributed by atoms with van der Waals surface area (Å²) in [5.74, 6) is 2.52. The number of ether oxygens (including phenoxy) is 2. The summed E-state index contributed by atoms with van der Waals surface area (Å²) >= 11 is 0. The molecule has 0 aliphatic carbocycles. The molecule has 0 saturated heterocycles. The summed E-state index contributed by atoms with van der Waals surface area (Å²) in [6.07, 6.45) is 0.457. The predicted octanol–water partition coefficient (Wildman–Crippen LogP) is 4.28. The van der Waals surface area contributed by atoms with Gasteiger partial charge in [0.15, 0.2) is 6.10 Å². The molecule has 23 heavy (non-hydrogen) atoms. The smallest absolute Gasteiger partial charge is 0.268 e. The Morgan fingerprint density at radius 2 is 1.83 bits per heavy atom. The van der Waals surface area contributed by atoms with Crippen LogP contribution in [0.4, 0.5) is 0 Å². The van der Waals surface area contributed by atoms with Gasteiger partial charge in [-0.25, -0.2) is 0 Å². The van der Waals surface area contributed by atoms with E-state index in [-0.39, 0.29) is 6.10 Å². The van der Waals surface area contributed by atoms with E-state index in [9.17, 15) is 0 Å². The SMILES string of the molecule is CCC(Oc1ccccc1)c1nc(-c2cccc(OC)c2)no1. The zero-order valence-corrected chi connectivity index (χ0v) is 13.1. The molecule has 0 amide bonds. The van der Waals surface area contributed by atoms with Crippen LogP contribution < -0.4 is 9.47 Å². The van der Waals surface area contributed by atoms with Crippen molar-refractivity contribution in [3.8, 4) is 22.9 Å². The molecule has 1 aromatic heterocycles. The quantitative estimate of drug-likeness (QED) is 0.680. The highest BCUT2D eigenvalue weighted by molar-refractivity contribution is 5.56. The Bertz CT molecular complexity index is 756. The average molecular weight is 310 g/mol. The van der Waals surface area contributed by atoms with E-state index in [1.54, 1.807) is 7.11 Å². The van der Waals surface area contributed by atoms with Gasteiger partial charge in [-0.1, -0.05) is 42.4 Å². The fourth-order valence-electron chi connectivity index (χ4n) is 2.22. The highest BCUT2D eigenvalue weighted by Crippen LogP contribution is 2.26. The summed E-state index contributed by atoms with van der Waals surface area (Å²) in [6.45, 7) is 2.02. The largest absolute Gasteiger partial charge is 0.497 e. The Hall–Kier alpha value is -2.82. The molecule has 0 aliphatic heterocycles. The molecule has 0 radical (unpaired) electrons. The van der Waals surface area contributed by atoms with E-state index in [4.69, 9.17) is 14.0 Å². The fourth-order valence-corrected chi connectivity index (χ4v) is 2.22. The summed E-state index contributed by atoms with van der Waals surface area (Å²) < 4.78 is 16.5. The number of aromatic nitrogens is 2. The molecule has 0 saturated carbocycles. The second-order valence-corrected chi connectivity index (χ2v) is 5.02. The van der Waals surface area contributed by atoms with Gasteiger partial charge in [0.1, 0.15) is 11.5 Å². The molecule has 1 unspecified atom stereocenters. The number of methoxy groups -OCH3 is 1. The van der Waals surface area contributed by atoms with Crippen LogP contribution in [0.15, 0.2) is 59.1 Å².